The second kappa shape index (κ2) is 11.4. The number of hydrogen-bond donors (Lipinski definition) is 2. The zero-order valence-electron chi connectivity index (χ0n) is 21.8. The highest BCUT2D eigenvalue weighted by molar-refractivity contribution is 6.35. The van der Waals surface area contributed by atoms with Gasteiger partial charge in [0.05, 0.1) is 12.2 Å². The lowest BCUT2D eigenvalue weighted by Gasteiger charge is -2.47. The van der Waals surface area contributed by atoms with E-state index >= 15 is 0 Å². The van der Waals surface area contributed by atoms with Crippen molar-refractivity contribution >= 4 is 40.2 Å². The van der Waals surface area contributed by atoms with Crippen LogP contribution in [0.3, 0.4) is 0 Å². The number of likely N-dealkylation sites (tertiary alicyclic amines) is 1. The van der Waals surface area contributed by atoms with E-state index in [2.05, 4.69) is 30.2 Å². The molecule has 2 aromatic heterocycles. The van der Waals surface area contributed by atoms with Crippen molar-refractivity contribution < 1.29 is 18.3 Å². The standard InChI is InChI=1S/C26H32Cl2F3N7O/c1-15(20-6-5-19(27)10-21(20)28)38-25-23(24(35-38)26(29,30)31)33-11-22(34-25)37-13-18(14-37)17-4-3-8-36(12-17)9-7-32-16(2)39/h5-6,10-11,15-18,32,39H,3-4,7-9,12-14H2,1-2H3/t15-,16?,17+/m1/s1. The number of halogens is 5. The van der Waals surface area contributed by atoms with Crippen LogP contribution in [0, 0.1) is 11.8 Å². The van der Waals surface area contributed by atoms with Gasteiger partial charge in [-0.1, -0.05) is 29.3 Å². The van der Waals surface area contributed by atoms with Crippen molar-refractivity contribution in [3.8, 4) is 0 Å². The van der Waals surface area contributed by atoms with Crippen molar-refractivity contribution in [3.05, 3.63) is 45.7 Å². The maximum atomic E-state index is 13.9. The van der Waals surface area contributed by atoms with Gasteiger partial charge in [0.15, 0.2) is 11.3 Å². The van der Waals surface area contributed by atoms with Crippen LogP contribution in [-0.4, -0.2) is 75.3 Å². The summed E-state index contributed by atoms with van der Waals surface area (Å²) >= 11 is 12.4. The van der Waals surface area contributed by atoms with E-state index < -0.39 is 24.1 Å². The number of alkyl halides is 3. The van der Waals surface area contributed by atoms with Gasteiger partial charge in [-0.2, -0.15) is 18.3 Å². The zero-order valence-corrected chi connectivity index (χ0v) is 23.3. The summed E-state index contributed by atoms with van der Waals surface area (Å²) in [6.07, 6.45) is -1.49. The number of aromatic nitrogens is 4. The van der Waals surface area contributed by atoms with Gasteiger partial charge in [-0.3, -0.25) is 5.32 Å². The van der Waals surface area contributed by atoms with Crippen molar-refractivity contribution in [1.82, 2.24) is 30.0 Å². The quantitative estimate of drug-likeness (QED) is 0.366. The molecular weight excluding hydrogens is 554 g/mol. The fourth-order valence-corrected chi connectivity index (χ4v) is 6.16. The molecule has 0 aliphatic carbocycles. The molecular formula is C26H32Cl2F3N7O. The Balaban J connectivity index is 1.34. The fraction of sp³-hybridized carbons (Fsp3) is 0.577. The zero-order chi connectivity index (χ0) is 27.9. The number of piperidine rings is 1. The van der Waals surface area contributed by atoms with Gasteiger partial charge in [-0.15, -0.1) is 0 Å². The highest BCUT2D eigenvalue weighted by Crippen LogP contribution is 2.38. The van der Waals surface area contributed by atoms with Crippen LogP contribution < -0.4 is 10.2 Å². The number of nitrogens with one attached hydrogen (secondary N) is 1. The second-order valence-electron chi connectivity index (χ2n) is 10.5. The molecule has 0 saturated carbocycles. The average Bonchev–Trinajstić information content (AvgIpc) is 3.22. The number of aliphatic hydroxyl groups excluding tert-OH is 1. The Labute approximate surface area is 235 Å². The molecule has 2 aliphatic heterocycles. The van der Waals surface area contributed by atoms with E-state index in [1.807, 2.05) is 0 Å². The number of anilines is 1. The largest absolute Gasteiger partial charge is 0.437 e. The summed E-state index contributed by atoms with van der Waals surface area (Å²) in [6.45, 7) is 8.69. The molecule has 2 saturated heterocycles. The lowest BCUT2D eigenvalue weighted by Crippen LogP contribution is -2.54. The van der Waals surface area contributed by atoms with Crippen LogP contribution in [0.5, 0.6) is 0 Å². The van der Waals surface area contributed by atoms with E-state index in [1.54, 1.807) is 32.0 Å². The van der Waals surface area contributed by atoms with Gasteiger partial charge in [0.2, 0.25) is 0 Å². The third-order valence-electron chi connectivity index (χ3n) is 7.75. The van der Waals surface area contributed by atoms with Crippen LogP contribution in [-0.2, 0) is 6.18 Å². The van der Waals surface area contributed by atoms with Crippen LogP contribution in [0.1, 0.15) is 44.0 Å². The highest BCUT2D eigenvalue weighted by Gasteiger charge is 2.40. The Morgan fingerprint density at radius 2 is 1.92 bits per heavy atom. The molecule has 1 aromatic carbocycles. The van der Waals surface area contributed by atoms with Gasteiger partial charge < -0.3 is 14.9 Å². The van der Waals surface area contributed by atoms with Crippen LogP contribution in [0.4, 0.5) is 19.0 Å². The molecule has 0 bridgehead atoms. The van der Waals surface area contributed by atoms with Crippen LogP contribution >= 0.6 is 23.2 Å². The van der Waals surface area contributed by atoms with E-state index in [0.29, 0.717) is 33.3 Å². The van der Waals surface area contributed by atoms with Crippen LogP contribution in [0.15, 0.2) is 24.4 Å². The molecule has 1 unspecified atom stereocenters. The third kappa shape index (κ3) is 6.12. The van der Waals surface area contributed by atoms with Crippen LogP contribution in [0.2, 0.25) is 10.0 Å². The molecule has 2 N–H and O–H groups in total. The first-order chi connectivity index (χ1) is 18.5. The normalized spacial score (nSPS) is 20.8. The number of nitrogens with zero attached hydrogens (tertiary/aromatic N) is 6. The number of fused-ring (bicyclic) bond motifs is 1. The first-order valence-electron chi connectivity index (χ1n) is 13.2. The topological polar surface area (TPSA) is 82.3 Å². The number of hydrogen-bond acceptors (Lipinski definition) is 7. The molecule has 39 heavy (non-hydrogen) atoms. The lowest BCUT2D eigenvalue weighted by atomic mass is 9.80. The maximum Gasteiger partial charge on any atom is 0.437 e. The van der Waals surface area contributed by atoms with Gasteiger partial charge in [0, 0.05) is 42.8 Å². The number of aliphatic hydroxyl groups is 1. The van der Waals surface area contributed by atoms with E-state index in [0.717, 1.165) is 52.1 Å². The van der Waals surface area contributed by atoms with Crippen molar-refractivity contribution in [1.29, 1.82) is 0 Å². The Morgan fingerprint density at radius 1 is 1.15 bits per heavy atom. The third-order valence-corrected chi connectivity index (χ3v) is 8.31. The Kier molecular flexibility index (Phi) is 8.26. The van der Waals surface area contributed by atoms with E-state index in [4.69, 9.17) is 23.2 Å². The summed E-state index contributed by atoms with van der Waals surface area (Å²) in [7, 11) is 0. The van der Waals surface area contributed by atoms with Crippen molar-refractivity contribution in [2.45, 2.75) is 45.1 Å². The van der Waals surface area contributed by atoms with Gasteiger partial charge >= 0.3 is 6.18 Å². The van der Waals surface area contributed by atoms with Crippen molar-refractivity contribution in [3.63, 3.8) is 0 Å². The molecule has 2 aliphatic rings. The summed E-state index contributed by atoms with van der Waals surface area (Å²) in [5, 5.41) is 17.1. The SMILES string of the molecule is CC(O)NCCN1CCC[C@H](C2CN(c3cnc4c(C(F)(F)F)nn([C@H](C)c5ccc(Cl)cc5Cl)c4n3)C2)C1. The van der Waals surface area contributed by atoms with E-state index in [1.165, 1.54) is 10.9 Å². The first-order valence-corrected chi connectivity index (χ1v) is 13.9. The fourth-order valence-electron chi connectivity index (χ4n) is 5.59. The number of rotatable bonds is 8. The molecule has 0 radical (unpaired) electrons. The Hall–Kier alpha value is -2.18. The van der Waals surface area contributed by atoms with Crippen molar-refractivity contribution in [2.24, 2.45) is 11.8 Å². The Morgan fingerprint density at radius 3 is 2.62 bits per heavy atom. The predicted molar refractivity (Wildman–Crippen MR) is 145 cm³/mol. The molecule has 0 amide bonds. The first kappa shape index (κ1) is 28.4. The van der Waals surface area contributed by atoms with Gasteiger partial charge in [0.25, 0.3) is 0 Å². The minimum absolute atomic E-state index is 0.0660. The summed E-state index contributed by atoms with van der Waals surface area (Å²) in [4.78, 5) is 13.3. The van der Waals surface area contributed by atoms with E-state index in [-0.39, 0.29) is 11.2 Å². The lowest BCUT2D eigenvalue weighted by molar-refractivity contribution is -0.140. The minimum atomic E-state index is -4.68. The van der Waals surface area contributed by atoms with Crippen molar-refractivity contribution in [2.75, 3.05) is 44.2 Å². The summed E-state index contributed by atoms with van der Waals surface area (Å²) in [5.74, 6) is 1.57. The smallest absolute Gasteiger partial charge is 0.379 e. The highest BCUT2D eigenvalue weighted by atomic mass is 35.5. The maximum absolute atomic E-state index is 13.9. The molecule has 4 heterocycles. The van der Waals surface area contributed by atoms with Gasteiger partial charge in [-0.25, -0.2) is 14.6 Å². The van der Waals surface area contributed by atoms with Gasteiger partial charge in [0.1, 0.15) is 17.6 Å². The van der Waals surface area contributed by atoms with Gasteiger partial charge in [-0.05, 0) is 62.8 Å². The molecule has 212 valence electrons. The number of benzene rings is 1. The molecule has 8 nitrogen and oxygen atoms in total. The predicted octanol–water partition coefficient (Wildman–Crippen LogP) is 4.84. The minimum Gasteiger partial charge on any atom is -0.379 e. The summed E-state index contributed by atoms with van der Waals surface area (Å²) < 4.78 is 42.8. The molecule has 2 fully saturated rings. The summed E-state index contributed by atoms with van der Waals surface area (Å²) in [6, 6.07) is 4.25. The Bertz CT molecular complexity index is 1310. The average molecular weight is 586 g/mol. The molecule has 0 spiro atoms. The monoisotopic (exact) mass is 585 g/mol. The second-order valence-corrected chi connectivity index (χ2v) is 11.4. The molecule has 3 aromatic rings. The molecule has 5 rings (SSSR count). The van der Waals surface area contributed by atoms with Crippen LogP contribution in [0.25, 0.3) is 11.2 Å². The molecule has 3 atom stereocenters. The van der Waals surface area contributed by atoms with E-state index in [9.17, 15) is 18.3 Å². The summed E-state index contributed by atoms with van der Waals surface area (Å²) in [5.41, 5.74) is -0.700. The molecule has 13 heteroatoms.